The number of hydrogen-bond donors (Lipinski definition) is 1. The molecule has 0 aliphatic rings. The van der Waals surface area contributed by atoms with Crippen LogP contribution in [0.25, 0.3) is 0 Å². The molecule has 0 fully saturated rings. The second-order valence-corrected chi connectivity index (χ2v) is 2.13. The quantitative estimate of drug-likeness (QED) is 0.710. The molecule has 1 heterocycles. The Morgan fingerprint density at radius 2 is 1.92 bits per heavy atom. The molecule has 0 aliphatic heterocycles. The first-order valence-electron chi connectivity index (χ1n) is 3.53. The van der Waals surface area contributed by atoms with Crippen LogP contribution in [0.4, 0.5) is 0 Å². The predicted octanol–water partition coefficient (Wildman–Crippen LogP) is 1.74. The minimum absolute atomic E-state index is 0.704. The van der Waals surface area contributed by atoms with Gasteiger partial charge in [0.15, 0.2) is 11.5 Å². The lowest BCUT2D eigenvalue weighted by Crippen LogP contribution is -1.94. The molecule has 0 unspecified atom stereocenters. The fourth-order valence-electron chi connectivity index (χ4n) is 0.938. The van der Waals surface area contributed by atoms with E-state index in [1.165, 1.54) is 0 Å². The van der Waals surface area contributed by atoms with E-state index in [0.29, 0.717) is 5.75 Å². The van der Waals surface area contributed by atoms with E-state index in [1.807, 2.05) is 6.92 Å². The Bertz CT molecular complexity index is 266. The fourth-order valence-corrected chi connectivity index (χ4v) is 0.938. The van der Waals surface area contributed by atoms with Crippen LogP contribution in [0, 0.1) is 17.4 Å². The van der Waals surface area contributed by atoms with Crippen LogP contribution >= 0.6 is 0 Å². The molecule has 0 amide bonds. The van der Waals surface area contributed by atoms with Crippen LogP contribution in [0.1, 0.15) is 5.69 Å². The first kappa shape index (κ1) is 11.4. The summed E-state index contributed by atoms with van der Waals surface area (Å²) in [5, 5.41) is 0. The molecule has 5 nitrogen and oxygen atoms in total. The van der Waals surface area contributed by atoms with Crippen molar-refractivity contribution in [1.29, 1.82) is 5.59 Å². The monoisotopic (exact) mass is 184 g/mol. The number of nitrogens with one attached hydrogen (secondary N) is 1. The predicted molar refractivity (Wildman–Crippen MR) is 48.2 cm³/mol. The van der Waals surface area contributed by atoms with Gasteiger partial charge in [-0.1, -0.05) is 5.59 Å². The Hall–Kier alpha value is -1.65. The van der Waals surface area contributed by atoms with Crippen molar-refractivity contribution in [3.63, 3.8) is 0 Å². The van der Waals surface area contributed by atoms with Gasteiger partial charge in [-0.15, -0.1) is 0 Å². The van der Waals surface area contributed by atoms with Gasteiger partial charge in [0.25, 0.3) is 0 Å². The molecular weight excluding hydrogens is 172 g/mol. The van der Waals surface area contributed by atoms with E-state index in [1.54, 1.807) is 26.5 Å². The van der Waals surface area contributed by atoms with Gasteiger partial charge in [-0.25, -0.2) is 0 Å². The van der Waals surface area contributed by atoms with Crippen molar-refractivity contribution in [2.24, 2.45) is 0 Å². The maximum Gasteiger partial charge on any atom is 0.182 e. The van der Waals surface area contributed by atoms with Crippen LogP contribution in [0.15, 0.2) is 12.3 Å². The molecule has 1 rings (SSSR count). The van der Waals surface area contributed by atoms with Gasteiger partial charge < -0.3 is 9.47 Å². The second kappa shape index (κ2) is 5.93. The number of rotatable bonds is 2. The Morgan fingerprint density at radius 1 is 1.31 bits per heavy atom. The summed E-state index contributed by atoms with van der Waals surface area (Å²) < 4.78 is 10.1. The summed E-state index contributed by atoms with van der Waals surface area (Å²) in [6.45, 7) is 1.88. The van der Waals surface area contributed by atoms with Crippen LogP contribution in [-0.4, -0.2) is 19.2 Å². The lowest BCUT2D eigenvalue weighted by atomic mass is 10.3. The second-order valence-electron chi connectivity index (χ2n) is 2.13. The molecule has 1 N–H and O–H groups in total. The fraction of sp³-hybridized carbons (Fsp3) is 0.375. The Labute approximate surface area is 76.5 Å². The average Bonchev–Trinajstić information content (AvgIpc) is 2.20. The first-order valence-corrected chi connectivity index (χ1v) is 3.53. The highest BCUT2D eigenvalue weighted by molar-refractivity contribution is 5.41. The van der Waals surface area contributed by atoms with Gasteiger partial charge >= 0.3 is 0 Å². The molecule has 1 aromatic rings. The molecule has 1 aromatic heterocycles. The summed E-state index contributed by atoms with van der Waals surface area (Å²) in [6, 6.07) is 1.77. The molecule has 0 saturated heterocycles. The smallest absolute Gasteiger partial charge is 0.182 e. The van der Waals surface area contributed by atoms with Gasteiger partial charge in [0.1, 0.15) is 0 Å². The van der Waals surface area contributed by atoms with Gasteiger partial charge in [0.2, 0.25) is 0 Å². The Morgan fingerprint density at radius 3 is 2.31 bits per heavy atom. The molecule has 0 saturated carbocycles. The van der Waals surface area contributed by atoms with E-state index in [9.17, 15) is 0 Å². The van der Waals surface area contributed by atoms with E-state index >= 15 is 0 Å². The molecule has 0 radical (unpaired) electrons. The number of methoxy groups -OCH3 is 2. The van der Waals surface area contributed by atoms with Crippen molar-refractivity contribution in [1.82, 2.24) is 4.98 Å². The highest BCUT2D eigenvalue weighted by Gasteiger charge is 2.05. The number of hydrogen-bond acceptors (Lipinski definition) is 5. The zero-order chi connectivity index (χ0) is 10.3. The summed E-state index contributed by atoms with van der Waals surface area (Å²) in [4.78, 5) is 11.6. The largest absolute Gasteiger partial charge is 0.493 e. The first-order chi connectivity index (χ1) is 6.29. The van der Waals surface area contributed by atoms with Gasteiger partial charge in [-0.3, -0.25) is 4.98 Å². The number of pyridine rings is 1. The topological polar surface area (TPSA) is 72.3 Å². The van der Waals surface area contributed by atoms with Crippen LogP contribution < -0.4 is 9.47 Å². The summed E-state index contributed by atoms with van der Waals surface area (Å²) >= 11 is 0. The number of nitroso groups, excluding NO2 is 1. The third-order valence-electron chi connectivity index (χ3n) is 1.47. The highest BCUT2D eigenvalue weighted by Crippen LogP contribution is 2.27. The number of aromatic nitrogens is 1. The van der Waals surface area contributed by atoms with Crippen molar-refractivity contribution in [3.8, 4) is 11.5 Å². The molecule has 0 atom stereocenters. The van der Waals surface area contributed by atoms with Gasteiger partial charge in [0.05, 0.1) is 19.9 Å². The van der Waals surface area contributed by atoms with Crippen molar-refractivity contribution < 1.29 is 9.47 Å². The van der Waals surface area contributed by atoms with Crippen LogP contribution in [-0.2, 0) is 0 Å². The van der Waals surface area contributed by atoms with E-state index in [2.05, 4.69) is 10.6 Å². The van der Waals surface area contributed by atoms with Crippen molar-refractivity contribution in [3.05, 3.63) is 22.9 Å². The third-order valence-corrected chi connectivity index (χ3v) is 1.47. The van der Waals surface area contributed by atoms with Gasteiger partial charge in [-0.2, -0.15) is 4.91 Å². The normalized spacial score (nSPS) is 8.23. The van der Waals surface area contributed by atoms with Crippen LogP contribution in [0.3, 0.4) is 0 Å². The van der Waals surface area contributed by atoms with Crippen molar-refractivity contribution >= 4 is 0 Å². The molecule has 0 aromatic carbocycles. The molecule has 5 heteroatoms. The maximum absolute atomic E-state index is 7.50. The lowest BCUT2D eigenvalue weighted by Gasteiger charge is -2.07. The SMILES string of the molecule is COc1ccnc(C)c1OC.N=O. The molecule has 0 spiro atoms. The zero-order valence-corrected chi connectivity index (χ0v) is 7.83. The van der Waals surface area contributed by atoms with E-state index in [-0.39, 0.29) is 0 Å². The minimum atomic E-state index is 0.704. The van der Waals surface area contributed by atoms with Crippen LogP contribution in [0.5, 0.6) is 11.5 Å². The standard InChI is InChI=1S/C8H11NO2.HNO/c1-6-8(11-3)7(10-2)4-5-9-6;1-2/h4-5H,1-3H3;1H. The lowest BCUT2D eigenvalue weighted by molar-refractivity contribution is 0.351. The minimum Gasteiger partial charge on any atom is -0.493 e. The molecule has 72 valence electrons. The van der Waals surface area contributed by atoms with Gasteiger partial charge in [0, 0.05) is 12.3 Å². The summed E-state index contributed by atoms with van der Waals surface area (Å²) in [6.07, 6.45) is 1.69. The average molecular weight is 184 g/mol. The Kier molecular flexibility index (Phi) is 5.18. The van der Waals surface area contributed by atoms with E-state index in [4.69, 9.17) is 14.4 Å². The maximum atomic E-state index is 7.50. The molecular formula is C8H12N2O3. The van der Waals surface area contributed by atoms with E-state index in [0.717, 1.165) is 11.4 Å². The highest BCUT2D eigenvalue weighted by atomic mass is 16.5. The summed E-state index contributed by atoms with van der Waals surface area (Å²) in [5.74, 6) is 1.43. The van der Waals surface area contributed by atoms with Crippen LogP contribution in [0.2, 0.25) is 0 Å². The molecule has 0 aliphatic carbocycles. The van der Waals surface area contributed by atoms with Crippen molar-refractivity contribution in [2.45, 2.75) is 6.92 Å². The van der Waals surface area contributed by atoms with Gasteiger partial charge in [-0.05, 0) is 6.92 Å². The Balaban J connectivity index is 0.000000671. The van der Waals surface area contributed by atoms with E-state index < -0.39 is 0 Å². The molecule has 13 heavy (non-hydrogen) atoms. The third kappa shape index (κ3) is 2.70. The summed E-state index contributed by atoms with van der Waals surface area (Å²) in [5.41, 5.74) is 5.34. The number of nitrogens with zero attached hydrogens (tertiary/aromatic N) is 1. The number of ether oxygens (including phenoxy) is 2. The summed E-state index contributed by atoms with van der Waals surface area (Å²) in [7, 11) is 3.21. The molecule has 0 bridgehead atoms. The number of aryl methyl sites for hydroxylation is 1. The van der Waals surface area contributed by atoms with Crippen molar-refractivity contribution in [2.75, 3.05) is 14.2 Å². The zero-order valence-electron chi connectivity index (χ0n) is 7.83.